The minimum absolute atomic E-state index is 0.0190. The number of esters is 2. The first kappa shape index (κ1) is 36.7. The molecule has 0 bridgehead atoms. The Morgan fingerprint density at radius 1 is 0.654 bits per heavy atom. The monoisotopic (exact) mass is 717 g/mol. The molecule has 0 aliphatic rings. The zero-order valence-electron chi connectivity index (χ0n) is 30.6. The Kier molecular flexibility index (Phi) is 9.59. The van der Waals surface area contributed by atoms with E-state index in [1.54, 1.807) is 14.1 Å². The van der Waals surface area contributed by atoms with Crippen molar-refractivity contribution in [2.45, 2.75) is 52.4 Å². The molecule has 0 amide bonds. The molecule has 4 N–H and O–H groups in total. The van der Waals surface area contributed by atoms with Crippen molar-refractivity contribution in [1.82, 2.24) is 54.1 Å². The van der Waals surface area contributed by atoms with Gasteiger partial charge < -0.3 is 25.7 Å². The number of ether oxygens (including phenoxy) is 3. The summed E-state index contributed by atoms with van der Waals surface area (Å²) in [6.07, 6.45) is 2.65. The van der Waals surface area contributed by atoms with Gasteiger partial charge in [-0.15, -0.1) is 20.5 Å². The Labute approximate surface area is 296 Å². The molecule has 0 atom stereocenters. The van der Waals surface area contributed by atoms with Crippen LogP contribution in [-0.2, 0) is 34.4 Å². The Bertz CT molecular complexity index is 2080. The zero-order valence-corrected chi connectivity index (χ0v) is 30.6. The van der Waals surface area contributed by atoms with Crippen LogP contribution >= 0.6 is 0 Å². The van der Waals surface area contributed by atoms with Gasteiger partial charge in [0.1, 0.15) is 11.1 Å². The number of hydrogen-bond donors (Lipinski definition) is 2. The van der Waals surface area contributed by atoms with E-state index >= 15 is 0 Å². The number of methoxy groups -OCH3 is 3. The summed E-state index contributed by atoms with van der Waals surface area (Å²) in [7, 11) is 7.09. The Morgan fingerprint density at radius 2 is 1.04 bits per heavy atom. The van der Waals surface area contributed by atoms with Gasteiger partial charge in [-0.05, 0) is 0 Å². The Hall–Kier alpha value is -6.61. The van der Waals surface area contributed by atoms with E-state index in [2.05, 4.69) is 45.6 Å². The van der Waals surface area contributed by atoms with Crippen LogP contribution < -0.4 is 16.2 Å². The van der Waals surface area contributed by atoms with E-state index in [0.717, 1.165) is 0 Å². The molecular weight excluding hydrogens is 678 g/mol. The number of rotatable bonds is 9. The first-order valence-corrected chi connectivity index (χ1v) is 15.5. The maximum Gasteiger partial charge on any atom is 0.343 e. The fraction of sp³-hybridized carbons (Fsp3) is 0.433. The standard InChI is InChI=1S/C30H39N17O5/c1-29(2,3)18-16(38-40-22-14(24(48)50-9)12-33-44(22)7)20(31)46(42-18)26-35-27(37-28(36-26)52-11)47-21(32)17(19(43-47)30(4,5)6)39-41-23-15(25(49)51-10)13-34-45(23)8/h12-13H,31-32H2,1-11H3/b40-38+,41-39+. The molecule has 5 aromatic heterocycles. The molecule has 22 nitrogen and oxygen atoms in total. The van der Waals surface area contributed by atoms with Gasteiger partial charge in [0.05, 0.1) is 45.1 Å². The maximum absolute atomic E-state index is 12.3. The van der Waals surface area contributed by atoms with Gasteiger partial charge in [0.25, 0.3) is 11.9 Å². The molecule has 52 heavy (non-hydrogen) atoms. The smallest absolute Gasteiger partial charge is 0.343 e. The number of carbonyl (C=O) groups is 2. The fourth-order valence-corrected chi connectivity index (χ4v) is 4.78. The summed E-state index contributed by atoms with van der Waals surface area (Å²) in [6, 6.07) is -0.110. The molecule has 0 unspecified atom stereocenters. The van der Waals surface area contributed by atoms with E-state index in [0.29, 0.717) is 11.4 Å². The Morgan fingerprint density at radius 3 is 1.37 bits per heavy atom. The van der Waals surface area contributed by atoms with Crippen LogP contribution in [0, 0.1) is 0 Å². The average Bonchev–Trinajstić information content (AvgIpc) is 3.84. The minimum Gasteiger partial charge on any atom is -0.467 e. The molecule has 5 rings (SSSR count). The summed E-state index contributed by atoms with van der Waals surface area (Å²) in [6.45, 7) is 11.5. The van der Waals surface area contributed by atoms with Crippen LogP contribution in [0.5, 0.6) is 6.01 Å². The van der Waals surface area contributed by atoms with E-state index < -0.39 is 22.8 Å². The highest BCUT2D eigenvalue weighted by Gasteiger charge is 2.31. The van der Waals surface area contributed by atoms with Gasteiger partial charge in [-0.2, -0.15) is 44.7 Å². The van der Waals surface area contributed by atoms with Crippen LogP contribution in [0.2, 0.25) is 0 Å². The molecule has 0 aromatic carbocycles. The second kappa shape index (κ2) is 13.6. The summed E-state index contributed by atoms with van der Waals surface area (Å²) < 4.78 is 20.4. The van der Waals surface area contributed by atoms with Crippen molar-refractivity contribution in [3.63, 3.8) is 0 Å². The first-order chi connectivity index (χ1) is 24.4. The van der Waals surface area contributed by atoms with Gasteiger partial charge in [0.15, 0.2) is 34.6 Å². The fourth-order valence-electron chi connectivity index (χ4n) is 4.78. The maximum atomic E-state index is 12.3. The van der Waals surface area contributed by atoms with E-state index in [1.807, 2.05) is 41.5 Å². The molecule has 0 aliphatic carbocycles. The van der Waals surface area contributed by atoms with Crippen LogP contribution in [0.25, 0.3) is 11.9 Å². The topological polar surface area (TPSA) is 273 Å². The highest BCUT2D eigenvalue weighted by molar-refractivity contribution is 5.94. The van der Waals surface area contributed by atoms with Gasteiger partial charge >= 0.3 is 17.9 Å². The third-order valence-corrected chi connectivity index (χ3v) is 7.48. The van der Waals surface area contributed by atoms with Crippen molar-refractivity contribution in [3.05, 3.63) is 34.9 Å². The van der Waals surface area contributed by atoms with Crippen molar-refractivity contribution in [2.75, 3.05) is 32.8 Å². The summed E-state index contributed by atoms with van der Waals surface area (Å²) in [5.74, 6) is -1.06. The van der Waals surface area contributed by atoms with Crippen molar-refractivity contribution >= 4 is 46.6 Å². The average molecular weight is 718 g/mol. The molecule has 274 valence electrons. The first-order valence-electron chi connectivity index (χ1n) is 15.5. The van der Waals surface area contributed by atoms with E-state index in [1.165, 1.54) is 52.5 Å². The van der Waals surface area contributed by atoms with E-state index in [-0.39, 0.29) is 63.7 Å². The lowest BCUT2D eigenvalue weighted by molar-refractivity contribution is 0.0592. The van der Waals surface area contributed by atoms with Crippen LogP contribution in [0.4, 0.5) is 34.6 Å². The predicted molar refractivity (Wildman–Crippen MR) is 184 cm³/mol. The Balaban J connectivity index is 1.66. The van der Waals surface area contributed by atoms with Crippen LogP contribution in [0.15, 0.2) is 32.9 Å². The van der Waals surface area contributed by atoms with Crippen LogP contribution in [-0.4, -0.2) is 87.3 Å². The summed E-state index contributed by atoms with van der Waals surface area (Å²) in [5.41, 5.74) is 13.6. The molecule has 0 saturated carbocycles. The van der Waals surface area contributed by atoms with Crippen molar-refractivity contribution < 1.29 is 23.8 Å². The van der Waals surface area contributed by atoms with Gasteiger partial charge in [-0.25, -0.2) is 19.0 Å². The number of azo groups is 2. The largest absolute Gasteiger partial charge is 0.467 e. The molecule has 22 heteroatoms. The highest BCUT2D eigenvalue weighted by Crippen LogP contribution is 2.40. The number of anilines is 2. The van der Waals surface area contributed by atoms with Gasteiger partial charge in [0.2, 0.25) is 0 Å². The number of aromatic nitrogens is 11. The second-order valence-corrected chi connectivity index (χ2v) is 13.3. The summed E-state index contributed by atoms with van der Waals surface area (Å²) >= 11 is 0. The quantitative estimate of drug-likeness (QED) is 0.162. The summed E-state index contributed by atoms with van der Waals surface area (Å²) in [4.78, 5) is 38.0. The number of nitrogen functional groups attached to an aromatic ring is 2. The summed E-state index contributed by atoms with van der Waals surface area (Å²) in [5, 5.41) is 35.0. The van der Waals surface area contributed by atoms with Gasteiger partial charge in [-0.1, -0.05) is 41.5 Å². The lowest BCUT2D eigenvalue weighted by Gasteiger charge is -2.15. The van der Waals surface area contributed by atoms with Crippen molar-refractivity contribution in [2.24, 2.45) is 34.6 Å². The molecule has 0 aliphatic heterocycles. The number of nitrogens with two attached hydrogens (primary N) is 2. The van der Waals surface area contributed by atoms with Gasteiger partial charge in [0, 0.05) is 24.9 Å². The minimum atomic E-state index is -0.633. The van der Waals surface area contributed by atoms with Crippen LogP contribution in [0.1, 0.15) is 73.6 Å². The van der Waals surface area contributed by atoms with E-state index in [4.69, 9.17) is 35.9 Å². The predicted octanol–water partition coefficient (Wildman–Crippen LogP) is 3.88. The van der Waals surface area contributed by atoms with E-state index in [9.17, 15) is 9.59 Å². The highest BCUT2D eigenvalue weighted by atomic mass is 16.5. The van der Waals surface area contributed by atoms with Gasteiger partial charge in [-0.3, -0.25) is 0 Å². The van der Waals surface area contributed by atoms with Crippen molar-refractivity contribution in [3.8, 4) is 17.9 Å². The molecule has 0 fully saturated rings. The third kappa shape index (κ3) is 6.76. The molecule has 0 radical (unpaired) electrons. The number of aryl methyl sites for hydroxylation is 2. The lowest BCUT2D eigenvalue weighted by atomic mass is 9.91. The lowest BCUT2D eigenvalue weighted by Crippen LogP contribution is -2.16. The van der Waals surface area contributed by atoms with Crippen LogP contribution in [0.3, 0.4) is 0 Å². The van der Waals surface area contributed by atoms with Crippen molar-refractivity contribution in [1.29, 1.82) is 0 Å². The molecule has 5 heterocycles. The second-order valence-electron chi connectivity index (χ2n) is 13.3. The molecule has 0 spiro atoms. The third-order valence-electron chi connectivity index (χ3n) is 7.48. The zero-order chi connectivity index (χ0) is 38.3. The number of carbonyl (C=O) groups excluding carboxylic acids is 2. The SMILES string of the molecule is COC(=O)c1cnn(C)c1/N=N/c1c(C(C)(C)C)nn(-c2nc(OC)nc(-n3nc(C(C)(C)C)c(/N=N/c4c(C(=O)OC)cnn4C)c3N)n2)c1N. The normalized spacial score (nSPS) is 12.3. The molecule has 5 aromatic rings. The molecule has 0 saturated heterocycles. The molecular formula is C30H39N17O5. The number of nitrogens with zero attached hydrogens (tertiary/aromatic N) is 15. The number of hydrogen-bond acceptors (Lipinski definition) is 18.